The number of hydrogen-bond acceptors (Lipinski definition) is 3. The van der Waals surface area contributed by atoms with E-state index in [4.69, 9.17) is 4.74 Å². The van der Waals surface area contributed by atoms with Crippen LogP contribution in [0.3, 0.4) is 0 Å². The Labute approximate surface area is 113 Å². The molecule has 1 saturated carbocycles. The van der Waals surface area contributed by atoms with Gasteiger partial charge >= 0.3 is 0 Å². The van der Waals surface area contributed by atoms with E-state index in [0.29, 0.717) is 6.61 Å². The van der Waals surface area contributed by atoms with Gasteiger partial charge in [0.2, 0.25) is 0 Å². The zero-order chi connectivity index (χ0) is 12.9. The molecule has 1 fully saturated rings. The standard InChI is InChI=1S/C15H19N3O/c1-3-13(12-16-14-5-6-14)11-15(4-1)19-10-9-18-8-2-7-17-18/h1-4,7-8,11,14,16H,5-6,9-10,12H2. The monoisotopic (exact) mass is 257 g/mol. The Bertz CT molecular complexity index is 506. The largest absolute Gasteiger partial charge is 0.492 e. The third kappa shape index (κ3) is 3.83. The van der Waals surface area contributed by atoms with E-state index in [9.17, 15) is 0 Å². The molecule has 0 aliphatic heterocycles. The van der Waals surface area contributed by atoms with E-state index in [1.54, 1.807) is 6.20 Å². The van der Waals surface area contributed by atoms with Crippen molar-refractivity contribution in [2.24, 2.45) is 0 Å². The molecule has 0 bridgehead atoms. The fourth-order valence-electron chi connectivity index (χ4n) is 1.98. The molecular formula is C15H19N3O. The van der Waals surface area contributed by atoms with E-state index in [1.807, 2.05) is 29.1 Å². The van der Waals surface area contributed by atoms with Gasteiger partial charge in [-0.1, -0.05) is 12.1 Å². The number of aromatic nitrogens is 2. The lowest BCUT2D eigenvalue weighted by Gasteiger charge is -2.08. The Morgan fingerprint density at radius 3 is 3.05 bits per heavy atom. The van der Waals surface area contributed by atoms with E-state index in [1.165, 1.54) is 18.4 Å². The molecule has 0 radical (unpaired) electrons. The first-order valence-corrected chi connectivity index (χ1v) is 6.83. The second-order valence-corrected chi connectivity index (χ2v) is 4.92. The fraction of sp³-hybridized carbons (Fsp3) is 0.400. The molecule has 100 valence electrons. The topological polar surface area (TPSA) is 39.1 Å². The first-order chi connectivity index (χ1) is 9.40. The predicted molar refractivity (Wildman–Crippen MR) is 74.0 cm³/mol. The van der Waals surface area contributed by atoms with E-state index < -0.39 is 0 Å². The third-order valence-corrected chi connectivity index (χ3v) is 3.22. The zero-order valence-corrected chi connectivity index (χ0v) is 11.0. The SMILES string of the molecule is c1cc(CNC2CC2)cc(OCCn2cccn2)c1. The molecule has 4 heteroatoms. The van der Waals surface area contributed by atoms with Gasteiger partial charge in [-0.3, -0.25) is 4.68 Å². The summed E-state index contributed by atoms with van der Waals surface area (Å²) >= 11 is 0. The van der Waals surface area contributed by atoms with E-state index in [-0.39, 0.29) is 0 Å². The van der Waals surface area contributed by atoms with Crippen molar-refractivity contribution in [2.75, 3.05) is 6.61 Å². The van der Waals surface area contributed by atoms with Gasteiger partial charge in [-0.15, -0.1) is 0 Å². The second-order valence-electron chi connectivity index (χ2n) is 4.92. The summed E-state index contributed by atoms with van der Waals surface area (Å²) in [6, 6.07) is 11.0. The van der Waals surface area contributed by atoms with Crippen LogP contribution in [-0.4, -0.2) is 22.4 Å². The zero-order valence-electron chi connectivity index (χ0n) is 11.0. The van der Waals surface area contributed by atoms with Gasteiger partial charge in [0.05, 0.1) is 6.54 Å². The number of nitrogens with one attached hydrogen (secondary N) is 1. The van der Waals surface area contributed by atoms with Gasteiger partial charge in [0.15, 0.2) is 0 Å². The normalized spacial score (nSPS) is 14.5. The van der Waals surface area contributed by atoms with Gasteiger partial charge in [0.25, 0.3) is 0 Å². The number of benzene rings is 1. The molecular weight excluding hydrogens is 238 g/mol. The Morgan fingerprint density at radius 1 is 1.32 bits per heavy atom. The number of ether oxygens (including phenoxy) is 1. The fourth-order valence-corrected chi connectivity index (χ4v) is 1.98. The van der Waals surface area contributed by atoms with Crippen LogP contribution in [0.2, 0.25) is 0 Å². The number of nitrogens with zero attached hydrogens (tertiary/aromatic N) is 2. The van der Waals surface area contributed by atoms with Crippen LogP contribution in [0.1, 0.15) is 18.4 Å². The van der Waals surface area contributed by atoms with Crippen molar-refractivity contribution < 1.29 is 4.74 Å². The highest BCUT2D eigenvalue weighted by atomic mass is 16.5. The van der Waals surface area contributed by atoms with Crippen LogP contribution in [0.5, 0.6) is 5.75 Å². The number of hydrogen-bond donors (Lipinski definition) is 1. The lowest BCUT2D eigenvalue weighted by Crippen LogP contribution is -2.15. The van der Waals surface area contributed by atoms with Crippen molar-refractivity contribution in [2.45, 2.75) is 32.0 Å². The summed E-state index contributed by atoms with van der Waals surface area (Å²) in [5, 5.41) is 7.66. The van der Waals surface area contributed by atoms with E-state index >= 15 is 0 Å². The van der Waals surface area contributed by atoms with Gasteiger partial charge in [-0.05, 0) is 36.6 Å². The maximum Gasteiger partial charge on any atom is 0.119 e. The minimum Gasteiger partial charge on any atom is -0.492 e. The number of rotatable bonds is 7. The maximum absolute atomic E-state index is 5.75. The molecule has 2 aromatic rings. The highest BCUT2D eigenvalue weighted by molar-refractivity contribution is 5.28. The van der Waals surface area contributed by atoms with Crippen molar-refractivity contribution in [3.63, 3.8) is 0 Å². The molecule has 1 heterocycles. The van der Waals surface area contributed by atoms with Crippen LogP contribution < -0.4 is 10.1 Å². The highest BCUT2D eigenvalue weighted by Gasteiger charge is 2.19. The van der Waals surface area contributed by atoms with Crippen LogP contribution in [0.4, 0.5) is 0 Å². The average Bonchev–Trinajstić information content (AvgIpc) is 3.13. The first-order valence-electron chi connectivity index (χ1n) is 6.83. The third-order valence-electron chi connectivity index (χ3n) is 3.22. The van der Waals surface area contributed by atoms with Crippen LogP contribution in [0.15, 0.2) is 42.7 Å². The van der Waals surface area contributed by atoms with Crippen LogP contribution in [-0.2, 0) is 13.1 Å². The molecule has 1 aliphatic rings. The Hall–Kier alpha value is -1.81. The Kier molecular flexibility index (Phi) is 3.79. The summed E-state index contributed by atoms with van der Waals surface area (Å²) in [5.41, 5.74) is 1.28. The molecule has 19 heavy (non-hydrogen) atoms. The van der Waals surface area contributed by atoms with Crippen molar-refractivity contribution in [3.8, 4) is 5.75 Å². The summed E-state index contributed by atoms with van der Waals surface area (Å²) in [5.74, 6) is 0.933. The molecule has 0 saturated heterocycles. The summed E-state index contributed by atoms with van der Waals surface area (Å²) < 4.78 is 7.63. The average molecular weight is 257 g/mol. The van der Waals surface area contributed by atoms with Gasteiger partial charge < -0.3 is 10.1 Å². The van der Waals surface area contributed by atoms with Gasteiger partial charge in [0, 0.05) is 25.0 Å². The van der Waals surface area contributed by atoms with Crippen LogP contribution >= 0.6 is 0 Å². The minimum absolute atomic E-state index is 0.640. The van der Waals surface area contributed by atoms with Crippen LogP contribution in [0.25, 0.3) is 0 Å². The Balaban J connectivity index is 1.47. The van der Waals surface area contributed by atoms with Gasteiger partial charge in [-0.25, -0.2) is 0 Å². The lowest BCUT2D eigenvalue weighted by molar-refractivity contribution is 0.291. The molecule has 1 aromatic heterocycles. The lowest BCUT2D eigenvalue weighted by atomic mass is 10.2. The molecule has 4 nitrogen and oxygen atoms in total. The maximum atomic E-state index is 5.75. The van der Waals surface area contributed by atoms with Crippen molar-refractivity contribution >= 4 is 0 Å². The van der Waals surface area contributed by atoms with Crippen molar-refractivity contribution in [3.05, 3.63) is 48.3 Å². The quantitative estimate of drug-likeness (QED) is 0.826. The highest BCUT2D eigenvalue weighted by Crippen LogP contribution is 2.20. The molecule has 0 amide bonds. The summed E-state index contributed by atoms with van der Waals surface area (Å²) in [7, 11) is 0. The molecule has 0 atom stereocenters. The molecule has 0 unspecified atom stereocenters. The first kappa shape index (κ1) is 12.2. The second kappa shape index (κ2) is 5.89. The molecule has 1 aromatic carbocycles. The molecule has 3 rings (SSSR count). The molecule has 1 N–H and O–H groups in total. The van der Waals surface area contributed by atoms with Crippen molar-refractivity contribution in [1.29, 1.82) is 0 Å². The Morgan fingerprint density at radius 2 is 2.26 bits per heavy atom. The predicted octanol–water partition coefficient (Wildman–Crippen LogP) is 2.21. The molecule has 1 aliphatic carbocycles. The van der Waals surface area contributed by atoms with E-state index in [0.717, 1.165) is 24.9 Å². The summed E-state index contributed by atoms with van der Waals surface area (Å²) in [6.07, 6.45) is 6.36. The summed E-state index contributed by atoms with van der Waals surface area (Å²) in [4.78, 5) is 0. The molecule has 0 spiro atoms. The minimum atomic E-state index is 0.640. The smallest absolute Gasteiger partial charge is 0.119 e. The van der Waals surface area contributed by atoms with Crippen molar-refractivity contribution in [1.82, 2.24) is 15.1 Å². The van der Waals surface area contributed by atoms with Gasteiger partial charge in [-0.2, -0.15) is 5.10 Å². The van der Waals surface area contributed by atoms with Gasteiger partial charge in [0.1, 0.15) is 12.4 Å². The van der Waals surface area contributed by atoms with Crippen LogP contribution in [0, 0.1) is 0 Å². The summed E-state index contributed by atoms with van der Waals surface area (Å²) in [6.45, 7) is 2.35. The van der Waals surface area contributed by atoms with E-state index in [2.05, 4.69) is 22.5 Å².